The van der Waals surface area contributed by atoms with Gasteiger partial charge in [0, 0.05) is 0 Å². The fourth-order valence-corrected chi connectivity index (χ4v) is 3.16. The quantitative estimate of drug-likeness (QED) is 0.687. The molecule has 0 aromatic heterocycles. The van der Waals surface area contributed by atoms with Crippen molar-refractivity contribution >= 4 is 11.4 Å². The molecule has 3 rings (SSSR count). The zero-order valence-electron chi connectivity index (χ0n) is 15.8. The number of fused-ring (bicyclic) bond motifs is 2. The van der Waals surface area contributed by atoms with Crippen molar-refractivity contribution in [2.75, 3.05) is 0 Å². The Hall–Kier alpha value is -1.98. The van der Waals surface area contributed by atoms with Crippen molar-refractivity contribution in [3.63, 3.8) is 0 Å². The van der Waals surface area contributed by atoms with Gasteiger partial charge in [-0.25, -0.2) is 0 Å². The summed E-state index contributed by atoms with van der Waals surface area (Å²) in [4.78, 5) is 0. The van der Waals surface area contributed by atoms with Crippen molar-refractivity contribution in [2.24, 2.45) is 20.5 Å². The first-order valence-corrected chi connectivity index (χ1v) is 8.48. The minimum atomic E-state index is -0.480. The van der Waals surface area contributed by atoms with Crippen LogP contribution in [0.5, 0.6) is 11.5 Å². The maximum Gasteiger partial charge on any atom is 0.155 e. The highest BCUT2D eigenvalue weighted by Crippen LogP contribution is 2.61. The van der Waals surface area contributed by atoms with Crippen LogP contribution in [0.15, 0.2) is 20.5 Å². The summed E-state index contributed by atoms with van der Waals surface area (Å²) in [5.41, 5.74) is 2.41. The molecule has 2 heterocycles. The topological polar surface area (TPSA) is 67.9 Å². The van der Waals surface area contributed by atoms with Gasteiger partial charge in [0.15, 0.2) is 11.5 Å². The number of ether oxygens (including phenoxy) is 2. The minimum absolute atomic E-state index is 0.0189. The average Bonchev–Trinajstić information content (AvgIpc) is 2.90. The summed E-state index contributed by atoms with van der Waals surface area (Å²) in [6.45, 7) is 16.1. The molecule has 0 fully saturated rings. The van der Waals surface area contributed by atoms with Gasteiger partial charge in [-0.1, -0.05) is 0 Å². The molecule has 0 saturated carbocycles. The van der Waals surface area contributed by atoms with Gasteiger partial charge in [-0.05, 0) is 55.4 Å². The summed E-state index contributed by atoms with van der Waals surface area (Å²) >= 11 is 0. The molecule has 130 valence electrons. The first-order valence-electron chi connectivity index (χ1n) is 8.48. The monoisotopic (exact) mass is 330 g/mol. The van der Waals surface area contributed by atoms with Gasteiger partial charge in [-0.2, -0.15) is 20.5 Å². The zero-order valence-corrected chi connectivity index (χ0v) is 15.8. The second-order valence-corrected chi connectivity index (χ2v) is 7.96. The van der Waals surface area contributed by atoms with Gasteiger partial charge in [0.25, 0.3) is 0 Å². The Morgan fingerprint density at radius 2 is 1.00 bits per heavy atom. The van der Waals surface area contributed by atoms with E-state index in [1.807, 2.05) is 55.4 Å². The van der Waals surface area contributed by atoms with Crippen molar-refractivity contribution in [1.82, 2.24) is 0 Å². The van der Waals surface area contributed by atoms with Crippen molar-refractivity contribution in [3.8, 4) is 11.5 Å². The van der Waals surface area contributed by atoms with E-state index in [2.05, 4.69) is 20.5 Å². The van der Waals surface area contributed by atoms with Crippen LogP contribution in [0.1, 0.15) is 66.5 Å². The van der Waals surface area contributed by atoms with Crippen LogP contribution < -0.4 is 9.47 Å². The Labute approximate surface area is 143 Å². The lowest BCUT2D eigenvalue weighted by atomic mass is 9.86. The van der Waals surface area contributed by atoms with Crippen molar-refractivity contribution in [3.05, 3.63) is 11.1 Å². The van der Waals surface area contributed by atoms with Crippen LogP contribution in [0.3, 0.4) is 0 Å². The third-order valence-electron chi connectivity index (χ3n) is 4.09. The lowest BCUT2D eigenvalue weighted by Crippen LogP contribution is -2.19. The lowest BCUT2D eigenvalue weighted by Gasteiger charge is -2.26. The van der Waals surface area contributed by atoms with Gasteiger partial charge in [0.1, 0.15) is 22.5 Å². The molecule has 1 aromatic carbocycles. The first-order chi connectivity index (χ1) is 11.0. The van der Waals surface area contributed by atoms with E-state index in [1.165, 1.54) is 0 Å². The molecule has 0 spiro atoms. The molecule has 1 aromatic rings. The predicted molar refractivity (Wildman–Crippen MR) is 93.1 cm³/mol. The summed E-state index contributed by atoms with van der Waals surface area (Å²) in [5.74, 6) is 1.46. The Morgan fingerprint density at radius 3 is 1.29 bits per heavy atom. The highest BCUT2D eigenvalue weighted by atomic mass is 16.5. The van der Waals surface area contributed by atoms with Gasteiger partial charge in [-0.15, -0.1) is 0 Å². The fourth-order valence-electron chi connectivity index (χ4n) is 3.16. The fraction of sp³-hybridized carbons (Fsp3) is 0.667. The van der Waals surface area contributed by atoms with Gasteiger partial charge in [-0.3, -0.25) is 0 Å². The molecule has 0 atom stereocenters. The summed E-state index contributed by atoms with van der Waals surface area (Å²) in [5, 5.41) is 17.8. The van der Waals surface area contributed by atoms with Crippen LogP contribution in [0, 0.1) is 0 Å². The van der Waals surface area contributed by atoms with Crippen molar-refractivity contribution in [1.29, 1.82) is 0 Å². The van der Waals surface area contributed by atoms with Crippen LogP contribution in [0.25, 0.3) is 0 Å². The van der Waals surface area contributed by atoms with Crippen LogP contribution in [-0.2, 0) is 11.1 Å². The Balaban J connectivity index is 2.37. The van der Waals surface area contributed by atoms with E-state index in [0.717, 1.165) is 34.0 Å². The SMILES string of the molecule is CC(C)Oc1c2c(c(OC(C)C)c3c1C(C)(C)N=N3)C(C)(C)N=N2. The third kappa shape index (κ3) is 2.48. The van der Waals surface area contributed by atoms with Gasteiger partial charge in [0.05, 0.1) is 23.3 Å². The maximum absolute atomic E-state index is 6.16. The number of benzene rings is 1. The number of rotatable bonds is 4. The molecule has 0 bridgehead atoms. The Bertz CT molecular complexity index is 682. The third-order valence-corrected chi connectivity index (χ3v) is 4.09. The molecule has 6 nitrogen and oxygen atoms in total. The predicted octanol–water partition coefficient (Wildman–Crippen LogP) is 5.93. The van der Waals surface area contributed by atoms with E-state index in [-0.39, 0.29) is 12.2 Å². The second kappa shape index (κ2) is 5.26. The van der Waals surface area contributed by atoms with Gasteiger partial charge >= 0.3 is 0 Å². The van der Waals surface area contributed by atoms with Crippen LogP contribution in [-0.4, -0.2) is 12.2 Å². The Morgan fingerprint density at radius 1 is 0.667 bits per heavy atom. The van der Waals surface area contributed by atoms with Gasteiger partial charge in [0.2, 0.25) is 0 Å². The molecule has 0 unspecified atom stereocenters. The van der Waals surface area contributed by atoms with Crippen LogP contribution in [0.4, 0.5) is 11.4 Å². The maximum atomic E-state index is 6.16. The number of hydrogen-bond acceptors (Lipinski definition) is 6. The molecular formula is C18H26N4O2. The summed E-state index contributed by atoms with van der Waals surface area (Å²) < 4.78 is 12.3. The number of hydrogen-bond donors (Lipinski definition) is 0. The molecular weight excluding hydrogens is 304 g/mol. The van der Waals surface area contributed by atoms with Gasteiger partial charge < -0.3 is 9.47 Å². The molecule has 2 aliphatic heterocycles. The zero-order chi connectivity index (χ0) is 17.9. The van der Waals surface area contributed by atoms with E-state index < -0.39 is 11.1 Å². The number of nitrogens with zero attached hydrogens (tertiary/aromatic N) is 4. The second-order valence-electron chi connectivity index (χ2n) is 7.96. The molecule has 6 heteroatoms. The summed E-state index contributed by atoms with van der Waals surface area (Å²) in [7, 11) is 0. The smallest absolute Gasteiger partial charge is 0.155 e. The van der Waals surface area contributed by atoms with E-state index in [9.17, 15) is 0 Å². The molecule has 2 aliphatic rings. The minimum Gasteiger partial charge on any atom is -0.488 e. The van der Waals surface area contributed by atoms with E-state index in [0.29, 0.717) is 0 Å². The average molecular weight is 330 g/mol. The molecule has 0 radical (unpaired) electrons. The largest absolute Gasteiger partial charge is 0.488 e. The lowest BCUT2D eigenvalue weighted by molar-refractivity contribution is 0.230. The standard InChI is InChI=1S/C18H26N4O2/c1-9(2)23-15-11-14(20-21-17(11,5)6)16(24-10(3)4)12-13(15)19-22-18(12,7)8/h9-10H,1-8H3. The van der Waals surface area contributed by atoms with Crippen LogP contribution >= 0.6 is 0 Å². The molecule has 24 heavy (non-hydrogen) atoms. The number of azo groups is 2. The molecule has 0 saturated heterocycles. The van der Waals surface area contributed by atoms with E-state index >= 15 is 0 Å². The summed E-state index contributed by atoms with van der Waals surface area (Å²) in [6.07, 6.45) is 0.0377. The van der Waals surface area contributed by atoms with Crippen molar-refractivity contribution < 1.29 is 9.47 Å². The first kappa shape index (κ1) is 16.9. The summed E-state index contributed by atoms with van der Waals surface area (Å²) in [6, 6.07) is 0. The normalized spacial score (nSPS) is 19.1. The molecule has 0 N–H and O–H groups in total. The molecule has 0 amide bonds. The van der Waals surface area contributed by atoms with Crippen molar-refractivity contribution in [2.45, 2.75) is 78.7 Å². The highest BCUT2D eigenvalue weighted by molar-refractivity contribution is 5.81. The highest BCUT2D eigenvalue weighted by Gasteiger charge is 2.44. The molecule has 0 aliphatic carbocycles. The van der Waals surface area contributed by atoms with E-state index in [1.54, 1.807) is 0 Å². The van der Waals surface area contributed by atoms with Crippen LogP contribution in [0.2, 0.25) is 0 Å². The Kier molecular flexibility index (Phi) is 3.70. The van der Waals surface area contributed by atoms with E-state index in [4.69, 9.17) is 9.47 Å².